The summed E-state index contributed by atoms with van der Waals surface area (Å²) in [6, 6.07) is 15.6. The molecule has 4 nitrogen and oxygen atoms in total. The van der Waals surface area contributed by atoms with Gasteiger partial charge in [-0.3, -0.25) is 0 Å². The summed E-state index contributed by atoms with van der Waals surface area (Å²) in [4.78, 5) is 14.1. The zero-order chi connectivity index (χ0) is 19.3. The van der Waals surface area contributed by atoms with Crippen molar-refractivity contribution in [2.45, 2.75) is 31.8 Å². The molecule has 0 aromatic heterocycles. The van der Waals surface area contributed by atoms with Crippen molar-refractivity contribution in [3.8, 4) is 0 Å². The standard InChI is InChI=1S/C22H26ClNO3/c1-3-27-21(25)18-7-9-20(10-8-18)24-13-11-22(26-2,12-14-24)16-17-5-4-6-19(23)15-17/h4-10,15H,3,11-14,16H2,1-2H3. The first-order valence-electron chi connectivity index (χ1n) is 9.37. The minimum Gasteiger partial charge on any atom is -0.462 e. The molecule has 3 rings (SSSR count). The molecule has 0 radical (unpaired) electrons. The molecule has 144 valence electrons. The van der Waals surface area contributed by atoms with Gasteiger partial charge in [0.15, 0.2) is 0 Å². The van der Waals surface area contributed by atoms with Crippen molar-refractivity contribution >= 4 is 23.3 Å². The van der Waals surface area contributed by atoms with E-state index < -0.39 is 0 Å². The fraction of sp³-hybridized carbons (Fsp3) is 0.409. The Hall–Kier alpha value is -2.04. The number of hydrogen-bond donors (Lipinski definition) is 0. The summed E-state index contributed by atoms with van der Waals surface area (Å²) in [5.74, 6) is -0.275. The van der Waals surface area contributed by atoms with Gasteiger partial charge >= 0.3 is 5.97 Å². The zero-order valence-electron chi connectivity index (χ0n) is 15.9. The first kappa shape index (κ1) is 19.7. The number of methoxy groups -OCH3 is 1. The van der Waals surface area contributed by atoms with Gasteiger partial charge in [0.2, 0.25) is 0 Å². The number of benzene rings is 2. The molecule has 0 unspecified atom stereocenters. The highest BCUT2D eigenvalue weighted by Gasteiger charge is 2.35. The molecule has 0 bridgehead atoms. The Kier molecular flexibility index (Phi) is 6.40. The van der Waals surface area contributed by atoms with Gasteiger partial charge in [-0.05, 0) is 61.7 Å². The number of hydrogen-bond acceptors (Lipinski definition) is 4. The van der Waals surface area contributed by atoms with Crippen LogP contribution in [0.1, 0.15) is 35.7 Å². The van der Waals surface area contributed by atoms with Crippen LogP contribution in [0.4, 0.5) is 5.69 Å². The topological polar surface area (TPSA) is 38.8 Å². The molecular formula is C22H26ClNO3. The van der Waals surface area contributed by atoms with Gasteiger partial charge in [0.05, 0.1) is 17.8 Å². The second kappa shape index (κ2) is 8.77. The lowest BCUT2D eigenvalue weighted by Crippen LogP contribution is -2.47. The molecule has 1 fully saturated rings. The largest absolute Gasteiger partial charge is 0.462 e. The summed E-state index contributed by atoms with van der Waals surface area (Å²) in [7, 11) is 1.80. The lowest BCUT2D eigenvalue weighted by Gasteiger charge is -2.42. The molecule has 1 aliphatic heterocycles. The van der Waals surface area contributed by atoms with Crippen LogP contribution < -0.4 is 4.90 Å². The average molecular weight is 388 g/mol. The third kappa shape index (κ3) is 4.82. The summed E-state index contributed by atoms with van der Waals surface area (Å²) in [5.41, 5.74) is 2.75. The number of ether oxygens (including phenoxy) is 2. The number of carbonyl (C=O) groups is 1. The van der Waals surface area contributed by atoms with E-state index in [-0.39, 0.29) is 11.6 Å². The average Bonchev–Trinajstić information content (AvgIpc) is 2.69. The van der Waals surface area contributed by atoms with Crippen molar-refractivity contribution in [3.05, 3.63) is 64.7 Å². The number of carbonyl (C=O) groups excluding carboxylic acids is 1. The SMILES string of the molecule is CCOC(=O)c1ccc(N2CCC(Cc3cccc(Cl)c3)(OC)CC2)cc1. The van der Waals surface area contributed by atoms with E-state index in [4.69, 9.17) is 21.1 Å². The van der Waals surface area contributed by atoms with Gasteiger partial charge in [0.25, 0.3) is 0 Å². The van der Waals surface area contributed by atoms with E-state index >= 15 is 0 Å². The maximum absolute atomic E-state index is 11.8. The first-order valence-corrected chi connectivity index (χ1v) is 9.75. The van der Waals surface area contributed by atoms with Crippen LogP contribution >= 0.6 is 11.6 Å². The van der Waals surface area contributed by atoms with E-state index in [1.807, 2.05) is 49.4 Å². The van der Waals surface area contributed by atoms with Gasteiger partial charge in [0, 0.05) is 37.3 Å². The highest BCUT2D eigenvalue weighted by molar-refractivity contribution is 6.30. The van der Waals surface area contributed by atoms with Crippen molar-refractivity contribution in [2.24, 2.45) is 0 Å². The van der Waals surface area contributed by atoms with Crippen LogP contribution in [0.2, 0.25) is 5.02 Å². The van der Waals surface area contributed by atoms with Crippen LogP contribution in [-0.4, -0.2) is 38.4 Å². The second-order valence-corrected chi connectivity index (χ2v) is 7.38. The molecule has 1 heterocycles. The summed E-state index contributed by atoms with van der Waals surface area (Å²) >= 11 is 6.13. The predicted molar refractivity (Wildman–Crippen MR) is 109 cm³/mol. The minimum atomic E-state index is -0.275. The Labute approximate surface area is 166 Å². The van der Waals surface area contributed by atoms with Crippen molar-refractivity contribution in [1.29, 1.82) is 0 Å². The molecule has 5 heteroatoms. The van der Waals surface area contributed by atoms with Gasteiger partial charge in [0.1, 0.15) is 0 Å². The molecule has 0 aliphatic carbocycles. The fourth-order valence-electron chi connectivity index (χ4n) is 3.67. The maximum Gasteiger partial charge on any atom is 0.338 e. The van der Waals surface area contributed by atoms with E-state index in [0.717, 1.165) is 43.1 Å². The Balaban J connectivity index is 1.64. The highest BCUT2D eigenvalue weighted by atomic mass is 35.5. The summed E-state index contributed by atoms with van der Waals surface area (Å²) in [6.45, 7) is 4.02. The quantitative estimate of drug-likeness (QED) is 0.671. The summed E-state index contributed by atoms with van der Waals surface area (Å²) in [6.07, 6.45) is 2.74. The normalized spacial score (nSPS) is 16.2. The molecule has 2 aromatic rings. The van der Waals surface area contributed by atoms with Gasteiger partial charge < -0.3 is 14.4 Å². The molecule has 1 aliphatic rings. The monoisotopic (exact) mass is 387 g/mol. The Morgan fingerprint density at radius 3 is 2.44 bits per heavy atom. The smallest absolute Gasteiger partial charge is 0.338 e. The molecule has 0 spiro atoms. The minimum absolute atomic E-state index is 0.161. The van der Waals surface area contributed by atoms with Crippen LogP contribution in [-0.2, 0) is 15.9 Å². The number of anilines is 1. The number of nitrogens with zero attached hydrogens (tertiary/aromatic N) is 1. The first-order chi connectivity index (χ1) is 13.0. The van der Waals surface area contributed by atoms with Crippen LogP contribution in [0.5, 0.6) is 0 Å². The highest BCUT2D eigenvalue weighted by Crippen LogP contribution is 2.32. The van der Waals surface area contributed by atoms with E-state index in [1.54, 1.807) is 7.11 Å². The van der Waals surface area contributed by atoms with Gasteiger partial charge in [-0.1, -0.05) is 23.7 Å². The van der Waals surface area contributed by atoms with E-state index in [9.17, 15) is 4.79 Å². The number of halogens is 1. The maximum atomic E-state index is 11.8. The third-order valence-electron chi connectivity index (χ3n) is 5.27. The van der Waals surface area contributed by atoms with E-state index in [0.29, 0.717) is 12.2 Å². The van der Waals surface area contributed by atoms with Gasteiger partial charge in [-0.2, -0.15) is 0 Å². The van der Waals surface area contributed by atoms with E-state index in [1.165, 1.54) is 5.56 Å². The van der Waals surface area contributed by atoms with Crippen molar-refractivity contribution < 1.29 is 14.3 Å². The predicted octanol–water partition coefficient (Wildman–Crippen LogP) is 4.74. The molecule has 0 atom stereocenters. The van der Waals surface area contributed by atoms with Crippen LogP contribution in [0, 0.1) is 0 Å². The molecule has 2 aromatic carbocycles. The molecule has 0 amide bonds. The van der Waals surface area contributed by atoms with E-state index in [2.05, 4.69) is 11.0 Å². The second-order valence-electron chi connectivity index (χ2n) is 6.95. The van der Waals surface area contributed by atoms with Gasteiger partial charge in [-0.25, -0.2) is 4.79 Å². The van der Waals surface area contributed by atoms with Crippen molar-refractivity contribution in [1.82, 2.24) is 0 Å². The molecular weight excluding hydrogens is 362 g/mol. The Morgan fingerprint density at radius 1 is 1.15 bits per heavy atom. The molecule has 1 saturated heterocycles. The molecule has 0 saturated carbocycles. The van der Waals surface area contributed by atoms with Crippen molar-refractivity contribution in [2.75, 3.05) is 31.7 Å². The Morgan fingerprint density at radius 2 is 1.85 bits per heavy atom. The fourth-order valence-corrected chi connectivity index (χ4v) is 3.88. The number of rotatable bonds is 6. The molecule has 27 heavy (non-hydrogen) atoms. The van der Waals surface area contributed by atoms with Crippen LogP contribution in [0.15, 0.2) is 48.5 Å². The third-order valence-corrected chi connectivity index (χ3v) is 5.50. The lowest BCUT2D eigenvalue weighted by molar-refractivity contribution is -0.0289. The number of esters is 1. The molecule has 0 N–H and O–H groups in total. The zero-order valence-corrected chi connectivity index (χ0v) is 16.7. The lowest BCUT2D eigenvalue weighted by atomic mass is 9.85. The Bertz CT molecular complexity index is 767. The number of piperidine rings is 1. The van der Waals surface area contributed by atoms with Crippen molar-refractivity contribution in [3.63, 3.8) is 0 Å². The summed E-state index contributed by atoms with van der Waals surface area (Å²) in [5, 5.41) is 0.762. The van der Waals surface area contributed by atoms with Gasteiger partial charge in [-0.15, -0.1) is 0 Å². The summed E-state index contributed by atoms with van der Waals surface area (Å²) < 4.78 is 11.0. The van der Waals surface area contributed by atoms with Crippen LogP contribution in [0.25, 0.3) is 0 Å². The van der Waals surface area contributed by atoms with Crippen LogP contribution in [0.3, 0.4) is 0 Å².